The lowest BCUT2D eigenvalue weighted by Gasteiger charge is -2.15. The number of hydrogen-bond donors (Lipinski definition) is 0. The minimum atomic E-state index is -0.284. The smallest absolute Gasteiger partial charge is 0.331 e. The molecule has 0 radical (unpaired) electrons. The standard InChI is InChI=1S/C13H16O2/c1-3-8-13(14)15-12(4-2)11-9-6-5-7-10-11/h3,5-10,12H,4H2,1-2H3/b8-3+. The third-order valence-electron chi connectivity index (χ3n) is 2.10. The maximum Gasteiger partial charge on any atom is 0.331 e. The second-order valence-corrected chi connectivity index (χ2v) is 3.24. The number of ether oxygens (including phenoxy) is 1. The van der Waals surface area contributed by atoms with E-state index in [1.807, 2.05) is 37.3 Å². The molecule has 0 fully saturated rings. The van der Waals surface area contributed by atoms with Crippen LogP contribution in [0.4, 0.5) is 0 Å². The molecule has 0 saturated carbocycles. The van der Waals surface area contributed by atoms with E-state index in [9.17, 15) is 4.79 Å². The van der Waals surface area contributed by atoms with Gasteiger partial charge < -0.3 is 4.74 Å². The normalized spacial score (nSPS) is 12.7. The lowest BCUT2D eigenvalue weighted by Crippen LogP contribution is -2.08. The first-order chi connectivity index (χ1) is 7.27. The van der Waals surface area contributed by atoms with Crippen LogP contribution >= 0.6 is 0 Å². The first-order valence-electron chi connectivity index (χ1n) is 5.16. The van der Waals surface area contributed by atoms with Gasteiger partial charge in [0, 0.05) is 6.08 Å². The van der Waals surface area contributed by atoms with Crippen molar-refractivity contribution in [1.29, 1.82) is 0 Å². The van der Waals surface area contributed by atoms with Crippen molar-refractivity contribution >= 4 is 5.97 Å². The van der Waals surface area contributed by atoms with Gasteiger partial charge in [0.25, 0.3) is 0 Å². The molecule has 80 valence electrons. The lowest BCUT2D eigenvalue weighted by molar-refractivity contribution is -0.143. The van der Waals surface area contributed by atoms with Gasteiger partial charge in [-0.15, -0.1) is 0 Å². The van der Waals surface area contributed by atoms with E-state index < -0.39 is 0 Å². The van der Waals surface area contributed by atoms with Gasteiger partial charge in [-0.1, -0.05) is 43.3 Å². The highest BCUT2D eigenvalue weighted by atomic mass is 16.5. The van der Waals surface area contributed by atoms with Crippen LogP contribution in [-0.2, 0) is 9.53 Å². The Labute approximate surface area is 90.6 Å². The topological polar surface area (TPSA) is 26.3 Å². The van der Waals surface area contributed by atoms with Crippen LogP contribution in [0, 0.1) is 0 Å². The molecule has 0 bridgehead atoms. The largest absolute Gasteiger partial charge is 0.454 e. The van der Waals surface area contributed by atoms with E-state index in [0.717, 1.165) is 12.0 Å². The summed E-state index contributed by atoms with van der Waals surface area (Å²) in [7, 11) is 0. The van der Waals surface area contributed by atoms with E-state index in [1.165, 1.54) is 6.08 Å². The summed E-state index contributed by atoms with van der Waals surface area (Å²) in [4.78, 5) is 11.3. The molecule has 1 rings (SSSR count). The van der Waals surface area contributed by atoms with Crippen molar-refractivity contribution in [3.8, 4) is 0 Å². The Morgan fingerprint density at radius 3 is 2.60 bits per heavy atom. The SMILES string of the molecule is C/C=C/C(=O)OC(CC)c1ccccc1. The summed E-state index contributed by atoms with van der Waals surface area (Å²) in [5.41, 5.74) is 1.04. The monoisotopic (exact) mass is 204 g/mol. The van der Waals surface area contributed by atoms with Gasteiger partial charge in [0.15, 0.2) is 0 Å². The van der Waals surface area contributed by atoms with Crippen LogP contribution in [0.2, 0.25) is 0 Å². The molecule has 2 nitrogen and oxygen atoms in total. The van der Waals surface area contributed by atoms with Crippen LogP contribution in [0.1, 0.15) is 31.9 Å². The van der Waals surface area contributed by atoms with Crippen molar-refractivity contribution in [1.82, 2.24) is 0 Å². The van der Waals surface area contributed by atoms with Gasteiger partial charge in [0.05, 0.1) is 0 Å². The van der Waals surface area contributed by atoms with Gasteiger partial charge in [-0.05, 0) is 18.9 Å². The Bertz CT molecular complexity index is 328. The summed E-state index contributed by atoms with van der Waals surface area (Å²) in [5.74, 6) is -0.284. The predicted octanol–water partition coefficient (Wildman–Crippen LogP) is 3.26. The number of rotatable bonds is 4. The molecule has 1 unspecified atom stereocenters. The Morgan fingerprint density at radius 1 is 1.40 bits per heavy atom. The van der Waals surface area contributed by atoms with E-state index in [2.05, 4.69) is 0 Å². The fourth-order valence-corrected chi connectivity index (χ4v) is 1.37. The highest BCUT2D eigenvalue weighted by Crippen LogP contribution is 2.20. The highest BCUT2D eigenvalue weighted by Gasteiger charge is 2.12. The summed E-state index contributed by atoms with van der Waals surface area (Å²) in [6.45, 7) is 3.80. The molecule has 0 N–H and O–H groups in total. The summed E-state index contributed by atoms with van der Waals surface area (Å²) in [6.07, 6.45) is 3.76. The molecule has 0 saturated heterocycles. The zero-order valence-electron chi connectivity index (χ0n) is 9.14. The van der Waals surface area contributed by atoms with Gasteiger partial charge in [-0.25, -0.2) is 4.79 Å². The zero-order valence-corrected chi connectivity index (χ0v) is 9.14. The lowest BCUT2D eigenvalue weighted by atomic mass is 10.1. The first kappa shape index (κ1) is 11.5. The molecule has 0 amide bonds. The van der Waals surface area contributed by atoms with Crippen LogP contribution < -0.4 is 0 Å². The van der Waals surface area contributed by atoms with Crippen molar-refractivity contribution in [2.45, 2.75) is 26.4 Å². The quantitative estimate of drug-likeness (QED) is 0.556. The first-order valence-corrected chi connectivity index (χ1v) is 5.16. The van der Waals surface area contributed by atoms with Crippen LogP contribution in [0.3, 0.4) is 0 Å². The Balaban J connectivity index is 2.69. The molecule has 1 aromatic carbocycles. The van der Waals surface area contributed by atoms with Crippen molar-refractivity contribution in [3.05, 3.63) is 48.0 Å². The number of hydrogen-bond acceptors (Lipinski definition) is 2. The van der Waals surface area contributed by atoms with E-state index >= 15 is 0 Å². The van der Waals surface area contributed by atoms with Crippen molar-refractivity contribution in [2.24, 2.45) is 0 Å². The second kappa shape index (κ2) is 6.02. The molecule has 0 aliphatic rings. The van der Waals surface area contributed by atoms with Crippen molar-refractivity contribution < 1.29 is 9.53 Å². The summed E-state index contributed by atoms with van der Waals surface area (Å²) < 4.78 is 5.30. The molecule has 1 atom stereocenters. The molecule has 0 aliphatic heterocycles. The highest BCUT2D eigenvalue weighted by molar-refractivity contribution is 5.82. The van der Waals surface area contributed by atoms with E-state index in [4.69, 9.17) is 4.74 Å². The molecular formula is C13H16O2. The minimum absolute atomic E-state index is 0.144. The predicted molar refractivity (Wildman–Crippen MR) is 60.4 cm³/mol. The molecule has 2 heteroatoms. The number of carbonyl (C=O) groups excluding carboxylic acids is 1. The van der Waals surface area contributed by atoms with E-state index in [1.54, 1.807) is 13.0 Å². The summed E-state index contributed by atoms with van der Waals surface area (Å²) >= 11 is 0. The number of carbonyl (C=O) groups is 1. The number of allylic oxidation sites excluding steroid dienone is 1. The average Bonchev–Trinajstić information content (AvgIpc) is 2.27. The summed E-state index contributed by atoms with van der Waals surface area (Å²) in [6, 6.07) is 9.78. The van der Waals surface area contributed by atoms with Crippen LogP contribution in [0.15, 0.2) is 42.5 Å². The van der Waals surface area contributed by atoms with Crippen LogP contribution in [0.5, 0.6) is 0 Å². The third kappa shape index (κ3) is 3.58. The second-order valence-electron chi connectivity index (χ2n) is 3.24. The van der Waals surface area contributed by atoms with Gasteiger partial charge in [0.1, 0.15) is 6.10 Å². The fourth-order valence-electron chi connectivity index (χ4n) is 1.37. The molecule has 0 aromatic heterocycles. The molecule has 1 aromatic rings. The average molecular weight is 204 g/mol. The molecule has 15 heavy (non-hydrogen) atoms. The Morgan fingerprint density at radius 2 is 2.07 bits per heavy atom. The molecule has 0 heterocycles. The zero-order chi connectivity index (χ0) is 11.1. The Hall–Kier alpha value is -1.57. The van der Waals surface area contributed by atoms with Crippen LogP contribution in [0.25, 0.3) is 0 Å². The van der Waals surface area contributed by atoms with Gasteiger partial charge in [-0.2, -0.15) is 0 Å². The van der Waals surface area contributed by atoms with Crippen LogP contribution in [-0.4, -0.2) is 5.97 Å². The van der Waals surface area contributed by atoms with Gasteiger partial charge >= 0.3 is 5.97 Å². The maximum absolute atomic E-state index is 11.3. The van der Waals surface area contributed by atoms with Crippen molar-refractivity contribution in [3.63, 3.8) is 0 Å². The van der Waals surface area contributed by atoms with E-state index in [-0.39, 0.29) is 12.1 Å². The van der Waals surface area contributed by atoms with E-state index in [0.29, 0.717) is 0 Å². The Kier molecular flexibility index (Phi) is 4.61. The number of esters is 1. The molecular weight excluding hydrogens is 188 g/mol. The fraction of sp³-hybridized carbons (Fsp3) is 0.308. The summed E-state index contributed by atoms with van der Waals surface area (Å²) in [5, 5.41) is 0. The third-order valence-corrected chi connectivity index (χ3v) is 2.10. The molecule has 0 spiro atoms. The molecule has 0 aliphatic carbocycles. The minimum Gasteiger partial charge on any atom is -0.454 e. The van der Waals surface area contributed by atoms with Gasteiger partial charge in [-0.3, -0.25) is 0 Å². The van der Waals surface area contributed by atoms with Gasteiger partial charge in [0.2, 0.25) is 0 Å². The van der Waals surface area contributed by atoms with Crippen molar-refractivity contribution in [2.75, 3.05) is 0 Å². The maximum atomic E-state index is 11.3. The number of benzene rings is 1.